The van der Waals surface area contributed by atoms with Gasteiger partial charge >= 0.3 is 0 Å². The summed E-state index contributed by atoms with van der Waals surface area (Å²) in [4.78, 5) is 5.98. The highest BCUT2D eigenvalue weighted by atomic mass is 32.1. The lowest BCUT2D eigenvalue weighted by Gasteiger charge is -2.14. The van der Waals surface area contributed by atoms with E-state index in [2.05, 4.69) is 40.8 Å². The van der Waals surface area contributed by atoms with Crippen molar-refractivity contribution in [3.63, 3.8) is 0 Å². The van der Waals surface area contributed by atoms with Crippen LogP contribution in [0.5, 0.6) is 0 Å². The number of aliphatic hydroxyl groups excluding tert-OH is 1. The van der Waals surface area contributed by atoms with Gasteiger partial charge in [-0.1, -0.05) is 6.07 Å². The normalized spacial score (nSPS) is 12.6. The number of aryl methyl sites for hydroxylation is 2. The lowest BCUT2D eigenvalue weighted by Crippen LogP contribution is -2.31. The summed E-state index contributed by atoms with van der Waals surface area (Å²) in [5.74, 6) is 0. The number of aromatic nitrogens is 1. The number of aliphatic hydroxyl groups is 1. The van der Waals surface area contributed by atoms with E-state index in [-0.39, 0.29) is 12.6 Å². The Morgan fingerprint density at radius 3 is 2.68 bits per heavy atom. The highest BCUT2D eigenvalue weighted by Gasteiger charge is 2.10. The molecule has 0 bridgehead atoms. The molecule has 102 valence electrons. The quantitative estimate of drug-likeness (QED) is 0.882. The van der Waals surface area contributed by atoms with E-state index in [9.17, 15) is 5.11 Å². The smallest absolute Gasteiger partial charge is 0.0713 e. The molecule has 2 aromatic rings. The van der Waals surface area contributed by atoms with E-state index in [0.29, 0.717) is 0 Å². The summed E-state index contributed by atoms with van der Waals surface area (Å²) in [6, 6.07) is 6.43. The van der Waals surface area contributed by atoms with E-state index < -0.39 is 0 Å². The van der Waals surface area contributed by atoms with E-state index in [1.54, 1.807) is 11.3 Å². The molecule has 0 saturated heterocycles. The Hall–Kier alpha value is -1.23. The first-order chi connectivity index (χ1) is 9.13. The van der Waals surface area contributed by atoms with Crippen LogP contribution in [0.2, 0.25) is 0 Å². The SMILES string of the molecule is CNC(CO)Cc1ccc(-c2csc(C)c2)nc1C. The van der Waals surface area contributed by atoms with Gasteiger partial charge in [-0.05, 0) is 45.0 Å². The van der Waals surface area contributed by atoms with Crippen LogP contribution in [0.3, 0.4) is 0 Å². The highest BCUT2D eigenvalue weighted by molar-refractivity contribution is 7.10. The summed E-state index contributed by atoms with van der Waals surface area (Å²) in [5.41, 5.74) is 4.43. The molecule has 0 saturated carbocycles. The van der Waals surface area contributed by atoms with Crippen molar-refractivity contribution in [2.24, 2.45) is 0 Å². The number of thiophene rings is 1. The van der Waals surface area contributed by atoms with E-state index in [1.165, 1.54) is 16.0 Å². The summed E-state index contributed by atoms with van der Waals surface area (Å²) in [6.45, 7) is 4.28. The molecule has 0 aliphatic heterocycles. The fourth-order valence-corrected chi connectivity index (χ4v) is 2.76. The van der Waals surface area contributed by atoms with Gasteiger partial charge in [0, 0.05) is 27.6 Å². The molecule has 0 spiro atoms. The van der Waals surface area contributed by atoms with E-state index in [4.69, 9.17) is 0 Å². The van der Waals surface area contributed by atoms with Gasteiger partial charge in [-0.2, -0.15) is 0 Å². The second-order valence-electron chi connectivity index (χ2n) is 4.76. The number of rotatable bonds is 5. The minimum absolute atomic E-state index is 0.0924. The Morgan fingerprint density at radius 2 is 2.16 bits per heavy atom. The monoisotopic (exact) mass is 276 g/mol. The zero-order chi connectivity index (χ0) is 13.8. The molecular formula is C15H20N2OS. The maximum absolute atomic E-state index is 9.23. The number of hydrogen-bond donors (Lipinski definition) is 2. The summed E-state index contributed by atoms with van der Waals surface area (Å²) in [7, 11) is 1.87. The standard InChI is InChI=1S/C15H20N2OS/c1-10-6-13(9-19-10)15-5-4-12(11(2)17-15)7-14(8-18)16-3/h4-6,9,14,16,18H,7-8H2,1-3H3. The molecule has 4 heteroatoms. The van der Waals surface area contributed by atoms with Crippen molar-refractivity contribution in [3.05, 3.63) is 39.7 Å². The van der Waals surface area contributed by atoms with Crippen LogP contribution in [0.1, 0.15) is 16.1 Å². The number of hydrogen-bond acceptors (Lipinski definition) is 4. The third-order valence-electron chi connectivity index (χ3n) is 3.32. The molecule has 0 radical (unpaired) electrons. The van der Waals surface area contributed by atoms with Crippen molar-refractivity contribution in [2.75, 3.05) is 13.7 Å². The first kappa shape index (κ1) is 14.2. The molecule has 2 rings (SSSR count). The molecule has 2 heterocycles. The summed E-state index contributed by atoms with van der Waals surface area (Å²) in [5, 5.41) is 14.5. The third-order valence-corrected chi connectivity index (χ3v) is 4.18. The van der Waals surface area contributed by atoms with Crippen LogP contribution >= 0.6 is 11.3 Å². The van der Waals surface area contributed by atoms with Gasteiger partial charge in [-0.15, -0.1) is 11.3 Å². The van der Waals surface area contributed by atoms with Crippen LogP contribution < -0.4 is 5.32 Å². The lowest BCUT2D eigenvalue weighted by atomic mass is 10.0. The van der Waals surface area contributed by atoms with Crippen LogP contribution in [-0.4, -0.2) is 29.8 Å². The topological polar surface area (TPSA) is 45.1 Å². The van der Waals surface area contributed by atoms with Crippen LogP contribution in [0.4, 0.5) is 0 Å². The van der Waals surface area contributed by atoms with E-state index in [0.717, 1.165) is 17.8 Å². The zero-order valence-corrected chi connectivity index (χ0v) is 12.4. The molecule has 0 amide bonds. The molecule has 0 fully saturated rings. The average Bonchev–Trinajstić information content (AvgIpc) is 2.84. The number of pyridine rings is 1. The lowest BCUT2D eigenvalue weighted by molar-refractivity contribution is 0.248. The van der Waals surface area contributed by atoms with Crippen LogP contribution in [0, 0.1) is 13.8 Å². The van der Waals surface area contributed by atoms with Gasteiger partial charge in [0.15, 0.2) is 0 Å². The number of likely N-dealkylation sites (N-methyl/N-ethyl adjacent to an activating group) is 1. The van der Waals surface area contributed by atoms with Crippen molar-refractivity contribution in [2.45, 2.75) is 26.3 Å². The molecule has 3 nitrogen and oxygen atoms in total. The van der Waals surface area contributed by atoms with Gasteiger partial charge in [-0.3, -0.25) is 4.98 Å². The summed E-state index contributed by atoms with van der Waals surface area (Å²) >= 11 is 1.74. The maximum atomic E-state index is 9.23. The van der Waals surface area contributed by atoms with Crippen LogP contribution in [0.25, 0.3) is 11.3 Å². The summed E-state index contributed by atoms with van der Waals surface area (Å²) < 4.78 is 0. The Labute approximate surface area is 118 Å². The van der Waals surface area contributed by atoms with Gasteiger partial charge in [-0.25, -0.2) is 0 Å². The van der Waals surface area contributed by atoms with Crippen molar-refractivity contribution in [1.82, 2.24) is 10.3 Å². The fourth-order valence-electron chi connectivity index (χ4n) is 2.07. The highest BCUT2D eigenvalue weighted by Crippen LogP contribution is 2.24. The predicted molar refractivity (Wildman–Crippen MR) is 80.7 cm³/mol. The van der Waals surface area contributed by atoms with Gasteiger partial charge in [0.2, 0.25) is 0 Å². The van der Waals surface area contributed by atoms with Crippen molar-refractivity contribution in [3.8, 4) is 11.3 Å². The van der Waals surface area contributed by atoms with E-state index in [1.807, 2.05) is 14.0 Å². The van der Waals surface area contributed by atoms with E-state index >= 15 is 0 Å². The minimum Gasteiger partial charge on any atom is -0.395 e. The number of nitrogens with one attached hydrogen (secondary N) is 1. The maximum Gasteiger partial charge on any atom is 0.0713 e. The van der Waals surface area contributed by atoms with Gasteiger partial charge in [0.05, 0.1) is 12.3 Å². The van der Waals surface area contributed by atoms with Gasteiger partial charge < -0.3 is 10.4 Å². The second-order valence-corrected chi connectivity index (χ2v) is 5.87. The van der Waals surface area contributed by atoms with Crippen molar-refractivity contribution in [1.29, 1.82) is 0 Å². The first-order valence-corrected chi connectivity index (χ1v) is 7.32. The summed E-state index contributed by atoms with van der Waals surface area (Å²) in [6.07, 6.45) is 0.800. The Morgan fingerprint density at radius 1 is 1.37 bits per heavy atom. The molecule has 0 aromatic carbocycles. The van der Waals surface area contributed by atoms with Gasteiger partial charge in [0.1, 0.15) is 0 Å². The molecule has 2 aromatic heterocycles. The Kier molecular flexibility index (Phi) is 4.69. The molecular weight excluding hydrogens is 256 g/mol. The molecule has 1 unspecified atom stereocenters. The average molecular weight is 276 g/mol. The Balaban J connectivity index is 2.22. The third kappa shape index (κ3) is 3.41. The van der Waals surface area contributed by atoms with Crippen LogP contribution in [0.15, 0.2) is 23.6 Å². The zero-order valence-electron chi connectivity index (χ0n) is 11.6. The Bertz CT molecular complexity index is 547. The molecule has 2 N–H and O–H groups in total. The molecule has 0 aliphatic rings. The predicted octanol–water partition coefficient (Wildman–Crippen LogP) is 2.55. The van der Waals surface area contributed by atoms with Gasteiger partial charge in [0.25, 0.3) is 0 Å². The second kappa shape index (κ2) is 6.28. The van der Waals surface area contributed by atoms with Crippen molar-refractivity contribution >= 4 is 11.3 Å². The largest absolute Gasteiger partial charge is 0.395 e. The minimum atomic E-state index is 0.0924. The number of nitrogens with zero attached hydrogens (tertiary/aromatic N) is 1. The first-order valence-electron chi connectivity index (χ1n) is 6.44. The molecule has 0 aliphatic carbocycles. The molecule has 1 atom stereocenters. The van der Waals surface area contributed by atoms with Crippen molar-refractivity contribution < 1.29 is 5.11 Å². The van der Waals surface area contributed by atoms with Crippen LogP contribution in [-0.2, 0) is 6.42 Å². The molecule has 19 heavy (non-hydrogen) atoms. The fraction of sp³-hybridized carbons (Fsp3) is 0.400.